The highest BCUT2D eigenvalue weighted by molar-refractivity contribution is 5.89. The largest absolute Gasteiger partial charge is 0.447 e. The molecular formula is C26H33N9O3. The summed E-state index contributed by atoms with van der Waals surface area (Å²) in [6.07, 6.45) is 7.43. The van der Waals surface area contributed by atoms with Gasteiger partial charge in [0.15, 0.2) is 0 Å². The van der Waals surface area contributed by atoms with Crippen LogP contribution in [0.2, 0.25) is 0 Å². The van der Waals surface area contributed by atoms with Gasteiger partial charge >= 0.3 is 6.09 Å². The number of aromatic nitrogens is 5. The molecule has 6 heterocycles. The van der Waals surface area contributed by atoms with Crippen LogP contribution in [0.25, 0.3) is 0 Å². The summed E-state index contributed by atoms with van der Waals surface area (Å²) in [5.74, 6) is 2.48. The van der Waals surface area contributed by atoms with Crippen molar-refractivity contribution in [3.63, 3.8) is 0 Å². The van der Waals surface area contributed by atoms with Crippen LogP contribution in [0.3, 0.4) is 0 Å². The maximum atomic E-state index is 12.3. The summed E-state index contributed by atoms with van der Waals surface area (Å²) in [5, 5.41) is 11.3. The lowest BCUT2D eigenvalue weighted by molar-refractivity contribution is 0.145. The van der Waals surface area contributed by atoms with E-state index < -0.39 is 0 Å². The average Bonchev–Trinajstić information content (AvgIpc) is 3.61. The third-order valence-corrected chi connectivity index (χ3v) is 7.51. The number of cyclic esters (lactones) is 1. The molecule has 0 aromatic carbocycles. The summed E-state index contributed by atoms with van der Waals surface area (Å²) in [7, 11) is 1.70. The second-order valence-electron chi connectivity index (χ2n) is 10.5. The molecule has 1 amide bonds. The van der Waals surface area contributed by atoms with Gasteiger partial charge in [0.1, 0.15) is 24.1 Å². The van der Waals surface area contributed by atoms with Crippen LogP contribution in [-0.2, 0) is 14.9 Å². The average molecular weight is 520 g/mol. The molecule has 2 saturated heterocycles. The summed E-state index contributed by atoms with van der Waals surface area (Å²) in [4.78, 5) is 30.4. The standard InChI is InChI=1S/C26H33N9O3/c1-17-14-38-25(36)35(17)22-6-4-5-21(31-22)33-15-26(2,16-37-3)20-12-28-24(32-23(20)33)30-18-11-29-34(13-18)19-7-9-27-10-8-19/h4-6,11-13,17,19,27H,7-10,14-16H2,1-3H3,(H,28,30,32)/t17-,26?/m0/s1. The van der Waals surface area contributed by atoms with Gasteiger partial charge in [-0.15, -0.1) is 0 Å². The summed E-state index contributed by atoms with van der Waals surface area (Å²) < 4.78 is 12.8. The van der Waals surface area contributed by atoms with Crippen LogP contribution < -0.4 is 20.4 Å². The van der Waals surface area contributed by atoms with Gasteiger partial charge in [-0.3, -0.25) is 9.58 Å². The van der Waals surface area contributed by atoms with Gasteiger partial charge < -0.3 is 25.0 Å². The van der Waals surface area contributed by atoms with Crippen molar-refractivity contribution in [3.05, 3.63) is 42.4 Å². The minimum atomic E-state index is -0.382. The van der Waals surface area contributed by atoms with Crippen molar-refractivity contribution in [2.45, 2.75) is 44.2 Å². The molecule has 0 bridgehead atoms. The lowest BCUT2D eigenvalue weighted by Gasteiger charge is -2.25. The molecule has 6 rings (SSSR count). The van der Waals surface area contributed by atoms with Crippen LogP contribution in [-0.4, -0.2) is 76.8 Å². The van der Waals surface area contributed by atoms with Crippen LogP contribution >= 0.6 is 0 Å². The molecule has 38 heavy (non-hydrogen) atoms. The summed E-state index contributed by atoms with van der Waals surface area (Å²) in [6.45, 7) is 7.55. The number of fused-ring (bicyclic) bond motifs is 1. The van der Waals surface area contributed by atoms with Gasteiger partial charge in [0.05, 0.1) is 30.6 Å². The number of carbonyl (C=O) groups is 1. The van der Waals surface area contributed by atoms with Crippen LogP contribution in [0, 0.1) is 0 Å². The second kappa shape index (κ2) is 9.84. The number of ether oxygens (including phenoxy) is 2. The Bertz CT molecular complexity index is 1320. The third-order valence-electron chi connectivity index (χ3n) is 7.51. The Labute approximate surface area is 221 Å². The zero-order valence-corrected chi connectivity index (χ0v) is 21.9. The maximum Gasteiger partial charge on any atom is 0.415 e. The van der Waals surface area contributed by atoms with Crippen LogP contribution in [0.1, 0.15) is 38.3 Å². The molecule has 3 aromatic heterocycles. The summed E-state index contributed by atoms with van der Waals surface area (Å²) in [5.41, 5.74) is 1.49. The number of methoxy groups -OCH3 is 1. The van der Waals surface area contributed by atoms with Crippen LogP contribution in [0.4, 0.5) is 33.9 Å². The Balaban J connectivity index is 1.31. The monoisotopic (exact) mass is 519 g/mol. The van der Waals surface area contributed by atoms with Gasteiger partial charge in [0, 0.05) is 37.0 Å². The van der Waals surface area contributed by atoms with Crippen molar-refractivity contribution in [3.8, 4) is 0 Å². The minimum Gasteiger partial charge on any atom is -0.447 e. The molecule has 0 saturated carbocycles. The first-order valence-corrected chi connectivity index (χ1v) is 13.0. The number of anilines is 5. The molecule has 200 valence electrons. The molecule has 2 fully saturated rings. The number of piperidine rings is 1. The predicted octanol–water partition coefficient (Wildman–Crippen LogP) is 3.14. The first-order chi connectivity index (χ1) is 18.4. The molecule has 12 nitrogen and oxygen atoms in total. The molecule has 0 aliphatic carbocycles. The number of nitrogens with one attached hydrogen (secondary N) is 2. The van der Waals surface area contributed by atoms with E-state index in [2.05, 4.69) is 32.5 Å². The summed E-state index contributed by atoms with van der Waals surface area (Å²) in [6, 6.07) is 5.96. The fourth-order valence-electron chi connectivity index (χ4n) is 5.54. The van der Waals surface area contributed by atoms with E-state index in [1.165, 1.54) is 0 Å². The number of carbonyl (C=O) groups excluding carboxylic acids is 1. The van der Waals surface area contributed by atoms with Gasteiger partial charge in [0.25, 0.3) is 0 Å². The molecule has 3 aliphatic heterocycles. The van der Waals surface area contributed by atoms with E-state index in [4.69, 9.17) is 19.4 Å². The number of pyridine rings is 1. The Morgan fingerprint density at radius 2 is 2.03 bits per heavy atom. The molecule has 2 N–H and O–H groups in total. The van der Waals surface area contributed by atoms with Crippen molar-refractivity contribution in [2.75, 3.05) is 55.1 Å². The van der Waals surface area contributed by atoms with Crippen molar-refractivity contribution in [2.24, 2.45) is 0 Å². The Kier molecular flexibility index (Phi) is 6.36. The molecular weight excluding hydrogens is 486 g/mol. The van der Waals surface area contributed by atoms with Gasteiger partial charge in [0.2, 0.25) is 5.95 Å². The number of nitrogens with zero attached hydrogens (tertiary/aromatic N) is 7. The van der Waals surface area contributed by atoms with E-state index in [1.807, 2.05) is 48.4 Å². The molecule has 2 atom stereocenters. The lowest BCUT2D eigenvalue weighted by Crippen LogP contribution is -2.34. The number of hydrogen-bond donors (Lipinski definition) is 2. The van der Waals surface area contributed by atoms with Crippen molar-refractivity contribution in [1.82, 2.24) is 30.0 Å². The number of amides is 1. The van der Waals surface area contributed by atoms with E-state index in [0.717, 1.165) is 43.0 Å². The Morgan fingerprint density at radius 1 is 1.21 bits per heavy atom. The van der Waals surface area contributed by atoms with Gasteiger partial charge in [-0.05, 0) is 45.0 Å². The second-order valence-corrected chi connectivity index (χ2v) is 10.5. The lowest BCUT2D eigenvalue weighted by atomic mass is 9.87. The maximum absolute atomic E-state index is 12.3. The molecule has 0 radical (unpaired) electrons. The SMILES string of the molecule is COCC1(C)CN(c2cccc(N3C(=O)OC[C@@H]3C)n2)c2nc(Nc3cnn(C4CCNCC4)c3)ncc21. The van der Waals surface area contributed by atoms with Crippen LogP contribution in [0.5, 0.6) is 0 Å². The first-order valence-electron chi connectivity index (χ1n) is 13.0. The third kappa shape index (κ3) is 4.43. The highest BCUT2D eigenvalue weighted by atomic mass is 16.6. The fraction of sp³-hybridized carbons (Fsp3) is 0.500. The smallest absolute Gasteiger partial charge is 0.415 e. The molecule has 0 spiro atoms. The van der Waals surface area contributed by atoms with Crippen molar-refractivity contribution < 1.29 is 14.3 Å². The molecule has 3 aromatic rings. The highest BCUT2D eigenvalue weighted by Gasteiger charge is 2.42. The normalized spacial score (nSPS) is 23.6. The predicted molar refractivity (Wildman–Crippen MR) is 142 cm³/mol. The van der Waals surface area contributed by atoms with E-state index in [-0.39, 0.29) is 17.6 Å². The minimum absolute atomic E-state index is 0.0845. The number of hydrogen-bond acceptors (Lipinski definition) is 10. The number of rotatable bonds is 7. The van der Waals surface area contributed by atoms with E-state index >= 15 is 0 Å². The van der Waals surface area contributed by atoms with Gasteiger partial charge in [-0.25, -0.2) is 14.8 Å². The fourth-order valence-corrected chi connectivity index (χ4v) is 5.54. The molecule has 1 unspecified atom stereocenters. The Morgan fingerprint density at radius 3 is 2.79 bits per heavy atom. The first kappa shape index (κ1) is 24.6. The van der Waals surface area contributed by atoms with Crippen molar-refractivity contribution in [1.29, 1.82) is 0 Å². The van der Waals surface area contributed by atoms with Gasteiger partial charge in [-0.1, -0.05) is 13.0 Å². The topological polar surface area (TPSA) is 123 Å². The van der Waals surface area contributed by atoms with Crippen molar-refractivity contribution >= 4 is 35.2 Å². The zero-order valence-electron chi connectivity index (χ0n) is 21.9. The summed E-state index contributed by atoms with van der Waals surface area (Å²) >= 11 is 0. The molecule has 3 aliphatic rings. The van der Waals surface area contributed by atoms with Crippen LogP contribution in [0.15, 0.2) is 36.8 Å². The van der Waals surface area contributed by atoms with Gasteiger partial charge in [-0.2, -0.15) is 10.1 Å². The Hall–Kier alpha value is -3.77. The quantitative estimate of drug-likeness (QED) is 0.481. The van der Waals surface area contributed by atoms with E-state index in [1.54, 1.807) is 12.0 Å². The van der Waals surface area contributed by atoms with E-state index in [9.17, 15) is 4.79 Å². The molecule has 12 heteroatoms. The highest BCUT2D eigenvalue weighted by Crippen LogP contribution is 2.43. The van der Waals surface area contributed by atoms with E-state index in [0.29, 0.717) is 43.4 Å². The zero-order chi connectivity index (χ0) is 26.3.